The van der Waals surface area contributed by atoms with Crippen LogP contribution in [0.2, 0.25) is 0 Å². The molecule has 0 N–H and O–H groups in total. The maximum atomic E-state index is 5.47. The number of hydrogen-bond acceptors (Lipinski definition) is 3. The smallest absolute Gasteiger partial charge is 0.146 e. The van der Waals surface area contributed by atoms with Gasteiger partial charge in [0.05, 0.1) is 33.2 Å². The van der Waals surface area contributed by atoms with E-state index in [0.717, 1.165) is 95.1 Å². The molecule has 0 bridgehead atoms. The van der Waals surface area contributed by atoms with E-state index in [2.05, 4.69) is 288 Å². The Morgan fingerprint density at radius 2 is 0.797 bits per heavy atom. The van der Waals surface area contributed by atoms with Crippen LogP contribution in [0.3, 0.4) is 0 Å². The third-order valence-corrected chi connectivity index (χ3v) is 16.2. The van der Waals surface area contributed by atoms with Gasteiger partial charge in [-0.3, -0.25) is 9.13 Å². The van der Waals surface area contributed by atoms with E-state index in [-0.39, 0.29) is 0 Å². The molecule has 0 radical (unpaired) electrons. The molecule has 1 atom stereocenters. The van der Waals surface area contributed by atoms with Gasteiger partial charge in [-0.1, -0.05) is 200 Å². The second kappa shape index (κ2) is 17.7. The van der Waals surface area contributed by atoms with Crippen LogP contribution in [0.5, 0.6) is 0 Å². The second-order valence-corrected chi connectivity index (χ2v) is 20.5. The number of allylic oxidation sites excluding steroid dienone is 1. The van der Waals surface area contributed by atoms with Crippen LogP contribution in [0, 0.1) is 0 Å². The van der Waals surface area contributed by atoms with Gasteiger partial charge in [-0.05, 0) is 151 Å². The fraction of sp³-hybridized carbons (Fsp3) is 0.0135. The molecule has 1 spiro atoms. The summed E-state index contributed by atoms with van der Waals surface area (Å²) in [5.41, 5.74) is 30.3. The Balaban J connectivity index is 0.964. The Morgan fingerprint density at radius 1 is 0.342 bits per heavy atom. The van der Waals surface area contributed by atoms with Gasteiger partial charge in [0.25, 0.3) is 0 Å². The van der Waals surface area contributed by atoms with Gasteiger partial charge in [0.1, 0.15) is 17.0 Å². The van der Waals surface area contributed by atoms with Crippen molar-refractivity contribution in [3.05, 3.63) is 306 Å². The van der Waals surface area contributed by atoms with Crippen LogP contribution in [0.25, 0.3) is 124 Å². The Kier molecular flexibility index (Phi) is 10.0. The number of nitrogens with zero attached hydrogens (tertiary/aromatic N) is 5. The van der Waals surface area contributed by atoms with E-state index in [1.54, 1.807) is 0 Å². The molecular weight excluding hydrogens is 959 g/mol. The minimum absolute atomic E-state index is 0.628. The molecule has 3 aromatic heterocycles. The van der Waals surface area contributed by atoms with Crippen LogP contribution in [-0.4, -0.2) is 24.1 Å². The van der Waals surface area contributed by atoms with Crippen LogP contribution in [0.15, 0.2) is 273 Å². The van der Waals surface area contributed by atoms with Crippen molar-refractivity contribution < 1.29 is 0 Å². The molecular formula is C74H45N5. The number of rotatable bonds is 8. The monoisotopic (exact) mass is 1000 g/mol. The van der Waals surface area contributed by atoms with E-state index in [9.17, 15) is 0 Å². The highest BCUT2D eigenvalue weighted by Gasteiger charge is 2.52. The predicted molar refractivity (Wildman–Crippen MR) is 320 cm³/mol. The van der Waals surface area contributed by atoms with Crippen molar-refractivity contribution in [3.8, 4) is 101 Å². The Morgan fingerprint density at radius 3 is 1.39 bits per heavy atom. The summed E-state index contributed by atoms with van der Waals surface area (Å²) in [6.45, 7) is 0. The molecule has 0 amide bonds. The van der Waals surface area contributed by atoms with Gasteiger partial charge in [0, 0.05) is 33.6 Å². The normalized spacial score (nSPS) is 14.1. The summed E-state index contributed by atoms with van der Waals surface area (Å²) in [6, 6.07) is 94.2. The fourth-order valence-electron chi connectivity index (χ4n) is 13.0. The van der Waals surface area contributed by atoms with E-state index in [0.29, 0.717) is 0 Å². The molecule has 0 fully saturated rings. The first-order chi connectivity index (χ1) is 39.2. The molecule has 0 aliphatic heterocycles. The summed E-state index contributed by atoms with van der Waals surface area (Å²) in [5.74, 6) is 1.65. The molecule has 16 rings (SSSR count). The average Bonchev–Trinajstić information content (AvgIpc) is 4.45. The molecule has 3 aliphatic carbocycles. The number of imidazole rings is 2. The van der Waals surface area contributed by atoms with Gasteiger partial charge in [-0.15, -0.1) is 0 Å². The number of aromatic nitrogens is 5. The molecule has 3 heterocycles. The third-order valence-electron chi connectivity index (χ3n) is 16.2. The van der Waals surface area contributed by atoms with Gasteiger partial charge in [0.15, 0.2) is 0 Å². The molecule has 79 heavy (non-hydrogen) atoms. The molecule has 1 unspecified atom stereocenters. The Bertz CT molecular complexity index is 4790. The largest absolute Gasteiger partial charge is 0.292 e. The first kappa shape index (κ1) is 44.6. The summed E-state index contributed by atoms with van der Waals surface area (Å²) >= 11 is 0. The van der Waals surface area contributed by atoms with Crippen LogP contribution < -0.4 is 10.7 Å². The maximum absolute atomic E-state index is 5.47. The maximum Gasteiger partial charge on any atom is 0.146 e. The standard InChI is InChI=1S/C74H45N5/c1-5-23-48(24-6-1)66-46-51(47-67(75-66)49-25-7-2-8-26-49)57-34-22-38-63-71(57)59-32-14-16-36-61(59)74(63)60-35-15-13-31-58(60)70-56(33-21-37-62(70)74)50-43-52(72-76-64-39-17-19-41-68(64)78(72)54-27-9-3-10-28-54)45-53(44-50)73-77-65-40-18-20-42-69(65)79(73)55-29-11-4-12-30-55/h1-17,19-39,41-47H. The van der Waals surface area contributed by atoms with Crippen molar-refractivity contribution in [1.29, 1.82) is 0 Å². The van der Waals surface area contributed by atoms with E-state index >= 15 is 0 Å². The zero-order chi connectivity index (χ0) is 52.0. The minimum Gasteiger partial charge on any atom is -0.292 e. The van der Waals surface area contributed by atoms with Crippen LogP contribution in [0.4, 0.5) is 0 Å². The highest BCUT2D eigenvalue weighted by Crippen LogP contribution is 2.65. The molecule has 10 aromatic carbocycles. The van der Waals surface area contributed by atoms with E-state index < -0.39 is 5.41 Å². The number of hydrogen-bond donors (Lipinski definition) is 0. The average molecular weight is 1000 g/mol. The molecule has 3 aliphatic rings. The highest BCUT2D eigenvalue weighted by molar-refractivity contribution is 6.04. The summed E-state index contributed by atoms with van der Waals surface area (Å²) in [6.07, 6.45) is 4.00. The number of benzene rings is 10. The van der Waals surface area contributed by atoms with Crippen LogP contribution in [-0.2, 0) is 5.41 Å². The first-order valence-corrected chi connectivity index (χ1v) is 26.8. The Hall–Kier alpha value is -10.7. The molecule has 5 nitrogen and oxygen atoms in total. The lowest BCUT2D eigenvalue weighted by molar-refractivity contribution is 0.794. The number of pyridine rings is 1. The van der Waals surface area contributed by atoms with Gasteiger partial charge in [0.2, 0.25) is 0 Å². The second-order valence-electron chi connectivity index (χ2n) is 20.5. The number of fused-ring (bicyclic) bond motifs is 12. The van der Waals surface area contributed by atoms with Gasteiger partial charge in [-0.2, -0.15) is 0 Å². The van der Waals surface area contributed by atoms with Gasteiger partial charge in [-0.25, -0.2) is 15.0 Å². The quantitative estimate of drug-likeness (QED) is 0.143. The Labute approximate surface area is 456 Å². The minimum atomic E-state index is -0.628. The predicted octanol–water partition coefficient (Wildman–Crippen LogP) is 15.8. The van der Waals surface area contributed by atoms with Crippen molar-refractivity contribution in [2.24, 2.45) is 0 Å². The first-order valence-electron chi connectivity index (χ1n) is 26.8. The summed E-state index contributed by atoms with van der Waals surface area (Å²) in [4.78, 5) is 16.2. The van der Waals surface area contributed by atoms with Crippen LogP contribution in [0.1, 0.15) is 22.3 Å². The zero-order valence-electron chi connectivity index (χ0n) is 42.7. The SMILES string of the molecule is C1=C=c2nc(-c3cc(-c4cccc5c4-c4ccccc4C54c5ccccc5-c5c(-c6cc(-c7ccccc7)nc(-c7ccccc7)c6)cccc54)cc(-c4nc5ccccc5n4-c4ccccc4)c3)n(-c3ccccc3)c2=CC=1. The lowest BCUT2D eigenvalue weighted by Gasteiger charge is -2.30. The van der Waals surface area contributed by atoms with E-state index in [1.165, 1.54) is 50.1 Å². The van der Waals surface area contributed by atoms with Crippen molar-refractivity contribution in [1.82, 2.24) is 24.1 Å². The highest BCUT2D eigenvalue weighted by atomic mass is 15.1. The molecule has 366 valence electrons. The molecule has 0 saturated carbocycles. The van der Waals surface area contributed by atoms with E-state index in [1.807, 2.05) is 6.08 Å². The van der Waals surface area contributed by atoms with Gasteiger partial charge < -0.3 is 0 Å². The van der Waals surface area contributed by atoms with Crippen LogP contribution >= 0.6 is 0 Å². The lowest BCUT2D eigenvalue weighted by atomic mass is 9.70. The summed E-state index contributed by atoms with van der Waals surface area (Å²) in [5, 5.41) is 1.70. The summed E-state index contributed by atoms with van der Waals surface area (Å²) in [7, 11) is 0. The fourth-order valence-corrected chi connectivity index (χ4v) is 13.0. The van der Waals surface area contributed by atoms with Crippen molar-refractivity contribution in [3.63, 3.8) is 0 Å². The van der Waals surface area contributed by atoms with Crippen molar-refractivity contribution in [2.45, 2.75) is 5.41 Å². The third kappa shape index (κ3) is 6.82. The lowest BCUT2D eigenvalue weighted by Crippen LogP contribution is -2.29. The molecule has 13 aromatic rings. The topological polar surface area (TPSA) is 48.5 Å². The van der Waals surface area contributed by atoms with E-state index in [4.69, 9.17) is 15.0 Å². The number of para-hydroxylation sites is 4. The molecule has 0 saturated heterocycles. The van der Waals surface area contributed by atoms with Crippen molar-refractivity contribution >= 4 is 22.8 Å². The van der Waals surface area contributed by atoms with Gasteiger partial charge >= 0.3 is 0 Å². The summed E-state index contributed by atoms with van der Waals surface area (Å²) < 4.78 is 4.54. The zero-order valence-corrected chi connectivity index (χ0v) is 42.7. The molecule has 5 heteroatoms. The van der Waals surface area contributed by atoms with Crippen molar-refractivity contribution in [2.75, 3.05) is 0 Å².